The van der Waals surface area contributed by atoms with Gasteiger partial charge in [0.05, 0.1) is 4.47 Å². The predicted molar refractivity (Wildman–Crippen MR) is 73.6 cm³/mol. The minimum atomic E-state index is 0.122. The first-order valence-corrected chi connectivity index (χ1v) is 6.78. The molecule has 0 saturated carbocycles. The van der Waals surface area contributed by atoms with Crippen LogP contribution in [0.2, 0.25) is 0 Å². The average Bonchev–Trinajstić information content (AvgIpc) is 2.76. The molecule has 1 atom stereocenters. The van der Waals surface area contributed by atoms with E-state index in [-0.39, 0.29) is 11.9 Å². The van der Waals surface area contributed by atoms with Gasteiger partial charge in [0.15, 0.2) is 0 Å². The highest BCUT2D eigenvalue weighted by atomic mass is 79.9. The number of rotatable bonds is 5. The van der Waals surface area contributed by atoms with Gasteiger partial charge in [0.1, 0.15) is 5.82 Å². The molecule has 3 N–H and O–H groups in total. The number of aromatic nitrogens is 2. The fourth-order valence-electron chi connectivity index (χ4n) is 1.78. The van der Waals surface area contributed by atoms with Crippen LogP contribution in [0.5, 0.6) is 0 Å². The molecule has 1 aliphatic rings. The highest BCUT2D eigenvalue weighted by Gasteiger charge is 2.20. The van der Waals surface area contributed by atoms with Crippen molar-refractivity contribution in [3.05, 3.63) is 10.7 Å². The molecular weight excluding hydrogens is 298 g/mol. The lowest BCUT2D eigenvalue weighted by molar-refractivity contribution is -0.119. The monoisotopic (exact) mass is 313 g/mol. The summed E-state index contributed by atoms with van der Waals surface area (Å²) in [6.45, 7) is 3.44. The summed E-state index contributed by atoms with van der Waals surface area (Å²) in [7, 11) is 0. The van der Waals surface area contributed by atoms with Crippen LogP contribution in [0.4, 0.5) is 11.8 Å². The number of carbonyl (C=O) groups is 1. The molecule has 98 valence electrons. The molecule has 0 radical (unpaired) electrons. The molecule has 1 unspecified atom stereocenters. The lowest BCUT2D eigenvalue weighted by atomic mass is 10.2. The van der Waals surface area contributed by atoms with Gasteiger partial charge in [-0.3, -0.25) is 4.79 Å². The van der Waals surface area contributed by atoms with Crippen LogP contribution in [0, 0.1) is 0 Å². The van der Waals surface area contributed by atoms with Gasteiger partial charge in [-0.2, -0.15) is 4.98 Å². The van der Waals surface area contributed by atoms with Crippen molar-refractivity contribution in [1.29, 1.82) is 0 Å². The fourth-order valence-corrected chi connectivity index (χ4v) is 2.12. The molecule has 1 aromatic heterocycles. The second-order valence-electron chi connectivity index (χ2n) is 4.10. The normalized spacial score (nSPS) is 18.6. The van der Waals surface area contributed by atoms with Crippen molar-refractivity contribution in [3.63, 3.8) is 0 Å². The summed E-state index contributed by atoms with van der Waals surface area (Å²) >= 11 is 3.40. The number of carbonyl (C=O) groups excluding carboxylic acids is 1. The smallest absolute Gasteiger partial charge is 0.224 e. The fraction of sp³-hybridized carbons (Fsp3) is 0.545. The lowest BCUT2D eigenvalue weighted by Gasteiger charge is -2.13. The Morgan fingerprint density at radius 2 is 2.39 bits per heavy atom. The Labute approximate surface area is 114 Å². The van der Waals surface area contributed by atoms with Crippen LogP contribution in [-0.4, -0.2) is 35.0 Å². The van der Waals surface area contributed by atoms with E-state index in [1.54, 1.807) is 6.20 Å². The summed E-state index contributed by atoms with van der Waals surface area (Å²) in [6.07, 6.45) is 3.19. The van der Waals surface area contributed by atoms with E-state index in [1.807, 2.05) is 6.92 Å². The Balaban J connectivity index is 1.95. The molecule has 1 aliphatic heterocycles. The quantitative estimate of drug-likeness (QED) is 0.765. The third kappa shape index (κ3) is 3.32. The van der Waals surface area contributed by atoms with E-state index in [0.29, 0.717) is 18.9 Å². The minimum Gasteiger partial charge on any atom is -0.367 e. The SMILES string of the molecule is CCNc1ncc(Br)c(NCC2CCC(=O)N2)n1. The van der Waals surface area contributed by atoms with Crippen molar-refractivity contribution < 1.29 is 4.79 Å². The van der Waals surface area contributed by atoms with Crippen LogP contribution in [-0.2, 0) is 4.79 Å². The van der Waals surface area contributed by atoms with Gasteiger partial charge >= 0.3 is 0 Å². The van der Waals surface area contributed by atoms with Crippen LogP contribution in [0.1, 0.15) is 19.8 Å². The first kappa shape index (κ1) is 13.1. The molecule has 0 aliphatic carbocycles. The maximum atomic E-state index is 11.1. The van der Waals surface area contributed by atoms with E-state index in [1.165, 1.54) is 0 Å². The Morgan fingerprint density at radius 3 is 3.06 bits per heavy atom. The second kappa shape index (κ2) is 5.99. The van der Waals surface area contributed by atoms with Gasteiger partial charge in [-0.25, -0.2) is 4.98 Å². The van der Waals surface area contributed by atoms with E-state index in [2.05, 4.69) is 41.8 Å². The second-order valence-corrected chi connectivity index (χ2v) is 4.96. The molecule has 2 rings (SSSR count). The Kier molecular flexibility index (Phi) is 4.35. The van der Waals surface area contributed by atoms with Gasteiger partial charge in [0.2, 0.25) is 11.9 Å². The number of amides is 1. The zero-order valence-electron chi connectivity index (χ0n) is 10.2. The summed E-state index contributed by atoms with van der Waals surface area (Å²) in [6, 6.07) is 0.182. The van der Waals surface area contributed by atoms with E-state index < -0.39 is 0 Å². The van der Waals surface area contributed by atoms with E-state index in [4.69, 9.17) is 0 Å². The topological polar surface area (TPSA) is 78.9 Å². The molecule has 1 amide bonds. The number of hydrogen-bond acceptors (Lipinski definition) is 5. The van der Waals surface area contributed by atoms with Gasteiger partial charge in [0.25, 0.3) is 0 Å². The summed E-state index contributed by atoms with van der Waals surface area (Å²) in [5.41, 5.74) is 0. The maximum absolute atomic E-state index is 11.1. The van der Waals surface area contributed by atoms with Gasteiger partial charge in [-0.15, -0.1) is 0 Å². The van der Waals surface area contributed by atoms with Gasteiger partial charge in [0, 0.05) is 31.7 Å². The number of nitrogens with zero attached hydrogens (tertiary/aromatic N) is 2. The summed E-state index contributed by atoms with van der Waals surface area (Å²) in [4.78, 5) is 19.6. The van der Waals surface area contributed by atoms with E-state index >= 15 is 0 Å². The third-order valence-corrected chi connectivity index (χ3v) is 3.26. The van der Waals surface area contributed by atoms with Crippen LogP contribution in [0.3, 0.4) is 0 Å². The third-order valence-electron chi connectivity index (χ3n) is 2.68. The molecule has 2 heterocycles. The standard InChI is InChI=1S/C11H16BrN5O/c1-2-13-11-15-6-8(12)10(17-11)14-5-7-3-4-9(18)16-7/h6-7H,2-5H2,1H3,(H,16,18)(H2,13,14,15,17). The number of anilines is 2. The van der Waals surface area contributed by atoms with E-state index in [0.717, 1.165) is 23.3 Å². The minimum absolute atomic E-state index is 0.122. The molecule has 0 spiro atoms. The number of hydrogen-bond donors (Lipinski definition) is 3. The zero-order chi connectivity index (χ0) is 13.0. The van der Waals surface area contributed by atoms with Crippen LogP contribution >= 0.6 is 15.9 Å². The Morgan fingerprint density at radius 1 is 1.56 bits per heavy atom. The first-order chi connectivity index (χ1) is 8.69. The van der Waals surface area contributed by atoms with Crippen LogP contribution in [0.15, 0.2) is 10.7 Å². The number of halogens is 1. The largest absolute Gasteiger partial charge is 0.367 e. The van der Waals surface area contributed by atoms with Crippen molar-refractivity contribution in [1.82, 2.24) is 15.3 Å². The Hall–Kier alpha value is -1.37. The van der Waals surface area contributed by atoms with Crippen molar-refractivity contribution in [2.75, 3.05) is 23.7 Å². The molecule has 0 bridgehead atoms. The van der Waals surface area contributed by atoms with Gasteiger partial charge < -0.3 is 16.0 Å². The molecule has 1 saturated heterocycles. The van der Waals surface area contributed by atoms with Crippen LogP contribution in [0.25, 0.3) is 0 Å². The molecule has 1 aromatic rings. The number of nitrogens with one attached hydrogen (secondary N) is 3. The molecule has 7 heteroatoms. The summed E-state index contributed by atoms with van der Waals surface area (Å²) in [5, 5.41) is 9.19. The van der Waals surface area contributed by atoms with Gasteiger partial charge in [-0.1, -0.05) is 0 Å². The zero-order valence-corrected chi connectivity index (χ0v) is 11.7. The Bertz CT molecular complexity index is 439. The highest BCUT2D eigenvalue weighted by molar-refractivity contribution is 9.10. The lowest BCUT2D eigenvalue weighted by Crippen LogP contribution is -2.32. The van der Waals surface area contributed by atoms with Gasteiger partial charge in [-0.05, 0) is 29.3 Å². The molecule has 0 aromatic carbocycles. The van der Waals surface area contributed by atoms with Crippen molar-refractivity contribution in [3.8, 4) is 0 Å². The van der Waals surface area contributed by atoms with Crippen LogP contribution < -0.4 is 16.0 Å². The summed E-state index contributed by atoms with van der Waals surface area (Å²) < 4.78 is 0.813. The average molecular weight is 314 g/mol. The van der Waals surface area contributed by atoms with Crippen molar-refractivity contribution in [2.24, 2.45) is 0 Å². The summed E-state index contributed by atoms with van der Waals surface area (Å²) in [5.74, 6) is 1.46. The molecule has 18 heavy (non-hydrogen) atoms. The van der Waals surface area contributed by atoms with E-state index in [9.17, 15) is 4.79 Å². The highest BCUT2D eigenvalue weighted by Crippen LogP contribution is 2.20. The molecule has 1 fully saturated rings. The molecule has 6 nitrogen and oxygen atoms in total. The first-order valence-electron chi connectivity index (χ1n) is 5.98. The molecular formula is C11H16BrN5O. The maximum Gasteiger partial charge on any atom is 0.224 e. The van der Waals surface area contributed by atoms with Crippen molar-refractivity contribution in [2.45, 2.75) is 25.8 Å². The van der Waals surface area contributed by atoms with Crippen molar-refractivity contribution >= 4 is 33.6 Å². The predicted octanol–water partition coefficient (Wildman–Crippen LogP) is 1.36.